The molecule has 2 aromatic heterocycles. The van der Waals surface area contributed by atoms with E-state index in [9.17, 15) is 4.39 Å². The van der Waals surface area contributed by atoms with Crippen molar-refractivity contribution in [1.29, 1.82) is 0 Å². The van der Waals surface area contributed by atoms with Crippen LogP contribution in [0.15, 0.2) is 45.9 Å². The molecule has 0 saturated carbocycles. The second-order valence-corrected chi connectivity index (χ2v) is 9.89. The standard InChI is InChI=1S/C11H14BrNO3.C6H12O3.C5H3BrFN/c1-11(2)15-7-10(16-11)6-14-9-3-8(12)4-13-5-9;1-6(2)8-4-5(3-7)9-6;6-4-1-5(7)3-8-2-4/h3-5,10H,6-7H2,1-2H3;5,7H,3-4H2,1-2H3;1-3H/t10-;5-;/m00./s1. The first-order chi connectivity index (χ1) is 15.5. The summed E-state index contributed by atoms with van der Waals surface area (Å²) < 4.78 is 40.6. The first-order valence-corrected chi connectivity index (χ1v) is 11.8. The Morgan fingerprint density at radius 3 is 1.88 bits per heavy atom. The van der Waals surface area contributed by atoms with Gasteiger partial charge in [0.2, 0.25) is 0 Å². The molecule has 2 atom stereocenters. The summed E-state index contributed by atoms with van der Waals surface area (Å²) in [5, 5.41) is 8.59. The molecule has 2 saturated heterocycles. The number of pyridine rings is 2. The molecule has 8 nitrogen and oxygen atoms in total. The van der Waals surface area contributed by atoms with Crippen molar-refractivity contribution < 1.29 is 33.2 Å². The van der Waals surface area contributed by atoms with Crippen molar-refractivity contribution in [1.82, 2.24) is 9.97 Å². The lowest BCUT2D eigenvalue weighted by atomic mass is 10.4. The van der Waals surface area contributed by atoms with Gasteiger partial charge in [-0.25, -0.2) is 4.39 Å². The molecular weight excluding hydrogens is 567 g/mol. The van der Waals surface area contributed by atoms with E-state index in [-0.39, 0.29) is 24.6 Å². The molecule has 33 heavy (non-hydrogen) atoms. The average molecular weight is 596 g/mol. The number of ether oxygens (including phenoxy) is 5. The summed E-state index contributed by atoms with van der Waals surface area (Å²) in [5.74, 6) is -0.584. The van der Waals surface area contributed by atoms with Gasteiger partial charge in [0.15, 0.2) is 11.6 Å². The highest BCUT2D eigenvalue weighted by Gasteiger charge is 2.33. The van der Waals surface area contributed by atoms with E-state index in [2.05, 4.69) is 41.8 Å². The molecule has 0 aromatic carbocycles. The summed E-state index contributed by atoms with van der Waals surface area (Å²) in [6.07, 6.45) is 5.93. The fraction of sp³-hybridized carbons (Fsp3) is 0.545. The van der Waals surface area contributed by atoms with Gasteiger partial charge >= 0.3 is 0 Å². The van der Waals surface area contributed by atoms with Gasteiger partial charge in [0, 0.05) is 21.3 Å². The Labute approximate surface area is 210 Å². The minimum atomic E-state index is -0.496. The maximum atomic E-state index is 12.1. The molecule has 2 aliphatic rings. The second-order valence-electron chi connectivity index (χ2n) is 8.06. The van der Waals surface area contributed by atoms with E-state index < -0.39 is 11.6 Å². The van der Waals surface area contributed by atoms with Gasteiger partial charge in [0.25, 0.3) is 0 Å². The third kappa shape index (κ3) is 11.2. The van der Waals surface area contributed by atoms with Crippen LogP contribution in [-0.4, -0.2) is 65.3 Å². The Morgan fingerprint density at radius 1 is 0.939 bits per heavy atom. The predicted molar refractivity (Wildman–Crippen MR) is 126 cm³/mol. The minimum Gasteiger partial charge on any atom is -0.489 e. The Kier molecular flexibility index (Phi) is 11.1. The van der Waals surface area contributed by atoms with Gasteiger partial charge in [-0.15, -0.1) is 0 Å². The number of nitrogens with zero attached hydrogens (tertiary/aromatic N) is 2. The normalized spacial score (nSPS) is 22.5. The molecule has 0 aliphatic carbocycles. The zero-order valence-electron chi connectivity index (χ0n) is 19.0. The number of aliphatic hydroxyl groups is 1. The lowest BCUT2D eigenvalue weighted by molar-refractivity contribution is -0.142. The van der Waals surface area contributed by atoms with Gasteiger partial charge < -0.3 is 28.8 Å². The Balaban J connectivity index is 0.000000192. The van der Waals surface area contributed by atoms with Crippen LogP contribution >= 0.6 is 31.9 Å². The van der Waals surface area contributed by atoms with E-state index in [0.29, 0.717) is 24.3 Å². The molecule has 4 heterocycles. The molecule has 0 amide bonds. The molecule has 2 fully saturated rings. The zero-order chi connectivity index (χ0) is 24.5. The lowest BCUT2D eigenvalue weighted by Crippen LogP contribution is -2.25. The molecule has 2 aromatic rings. The summed E-state index contributed by atoms with van der Waals surface area (Å²) in [7, 11) is 0. The van der Waals surface area contributed by atoms with Gasteiger partial charge in [-0.3, -0.25) is 9.97 Å². The average Bonchev–Trinajstić information content (AvgIpc) is 3.27. The highest BCUT2D eigenvalue weighted by molar-refractivity contribution is 9.10. The number of aromatic nitrogens is 2. The van der Waals surface area contributed by atoms with Gasteiger partial charge in [-0.1, -0.05) is 0 Å². The molecule has 184 valence electrons. The van der Waals surface area contributed by atoms with Crippen molar-refractivity contribution in [3.05, 3.63) is 51.7 Å². The van der Waals surface area contributed by atoms with Gasteiger partial charge in [0.1, 0.15) is 30.4 Å². The van der Waals surface area contributed by atoms with Crippen LogP contribution in [0.1, 0.15) is 27.7 Å². The van der Waals surface area contributed by atoms with Gasteiger partial charge in [-0.2, -0.15) is 0 Å². The van der Waals surface area contributed by atoms with Crippen molar-refractivity contribution in [3.63, 3.8) is 0 Å². The van der Waals surface area contributed by atoms with Crippen LogP contribution in [0.5, 0.6) is 5.75 Å². The maximum Gasteiger partial charge on any atom is 0.163 e. The fourth-order valence-corrected chi connectivity index (χ4v) is 3.43. The van der Waals surface area contributed by atoms with E-state index in [4.69, 9.17) is 28.8 Å². The number of hydrogen-bond donors (Lipinski definition) is 1. The largest absolute Gasteiger partial charge is 0.489 e. The summed E-state index contributed by atoms with van der Waals surface area (Å²) in [6, 6.07) is 3.22. The number of aliphatic hydroxyl groups excluding tert-OH is 1. The van der Waals surface area contributed by atoms with Crippen molar-refractivity contribution >= 4 is 31.9 Å². The summed E-state index contributed by atoms with van der Waals surface area (Å²) in [5.41, 5.74) is 0. The lowest BCUT2D eigenvalue weighted by Gasteiger charge is -2.17. The molecule has 0 spiro atoms. The summed E-state index contributed by atoms with van der Waals surface area (Å²) in [6.45, 7) is 9.05. The molecule has 0 radical (unpaired) electrons. The molecule has 11 heteroatoms. The second kappa shape index (κ2) is 13.0. The van der Waals surface area contributed by atoms with E-state index in [1.807, 2.05) is 33.8 Å². The van der Waals surface area contributed by atoms with Crippen molar-refractivity contribution in [3.8, 4) is 5.75 Å². The molecule has 2 aliphatic heterocycles. The van der Waals surface area contributed by atoms with Crippen LogP contribution in [0.3, 0.4) is 0 Å². The zero-order valence-corrected chi connectivity index (χ0v) is 22.1. The molecule has 1 N–H and O–H groups in total. The molecule has 4 rings (SSSR count). The van der Waals surface area contributed by atoms with Crippen molar-refractivity contribution in [2.45, 2.75) is 51.5 Å². The van der Waals surface area contributed by atoms with Crippen LogP contribution < -0.4 is 4.74 Å². The third-order valence-electron chi connectivity index (χ3n) is 4.13. The van der Waals surface area contributed by atoms with E-state index in [1.54, 1.807) is 12.4 Å². The SMILES string of the molecule is CC1(C)OC[C@H](CO)O1.CC1(C)OC[C@H](COc2cncc(Br)c2)O1.Fc1cncc(Br)c1. The van der Waals surface area contributed by atoms with Gasteiger partial charge in [0.05, 0.1) is 32.2 Å². The molecule has 0 unspecified atom stereocenters. The first-order valence-electron chi connectivity index (χ1n) is 10.2. The van der Waals surface area contributed by atoms with Crippen LogP contribution in [-0.2, 0) is 18.9 Å². The van der Waals surface area contributed by atoms with Crippen molar-refractivity contribution in [2.75, 3.05) is 26.4 Å². The Bertz CT molecular complexity index is 857. The number of rotatable bonds is 4. The smallest absolute Gasteiger partial charge is 0.163 e. The molecular formula is C22H29Br2FN2O6. The molecule has 0 bridgehead atoms. The highest BCUT2D eigenvalue weighted by atomic mass is 79.9. The Morgan fingerprint density at radius 2 is 1.48 bits per heavy atom. The minimum absolute atomic E-state index is 0.0195. The van der Waals surface area contributed by atoms with Crippen LogP contribution in [0.25, 0.3) is 0 Å². The summed E-state index contributed by atoms with van der Waals surface area (Å²) >= 11 is 6.39. The van der Waals surface area contributed by atoms with Crippen LogP contribution in [0.4, 0.5) is 4.39 Å². The number of hydrogen-bond acceptors (Lipinski definition) is 8. The summed E-state index contributed by atoms with van der Waals surface area (Å²) in [4.78, 5) is 7.58. The monoisotopic (exact) mass is 594 g/mol. The van der Waals surface area contributed by atoms with E-state index in [0.717, 1.165) is 16.4 Å². The van der Waals surface area contributed by atoms with Crippen LogP contribution in [0, 0.1) is 5.82 Å². The van der Waals surface area contributed by atoms with E-state index >= 15 is 0 Å². The van der Waals surface area contributed by atoms with Gasteiger partial charge in [-0.05, 0) is 71.7 Å². The Hall–Kier alpha value is -1.21. The number of halogens is 3. The van der Waals surface area contributed by atoms with Crippen LogP contribution in [0.2, 0.25) is 0 Å². The first kappa shape index (κ1) is 28.0. The fourth-order valence-electron chi connectivity index (χ4n) is 2.74. The highest BCUT2D eigenvalue weighted by Crippen LogP contribution is 2.23. The van der Waals surface area contributed by atoms with E-state index in [1.165, 1.54) is 12.3 Å². The quantitative estimate of drug-likeness (QED) is 0.553. The van der Waals surface area contributed by atoms with Crippen molar-refractivity contribution in [2.24, 2.45) is 0 Å². The predicted octanol–water partition coefficient (Wildman–Crippen LogP) is 4.49. The maximum absolute atomic E-state index is 12.1. The topological polar surface area (TPSA) is 92.2 Å². The third-order valence-corrected chi connectivity index (χ3v) is 4.99.